The first-order chi connectivity index (χ1) is 26.1. The first kappa shape index (κ1) is 51.7. The summed E-state index contributed by atoms with van der Waals surface area (Å²) >= 11 is 0. The molecule has 3 atom stereocenters. The van der Waals surface area contributed by atoms with Gasteiger partial charge in [-0.15, -0.1) is 0 Å². The number of rotatable bonds is 39. The van der Waals surface area contributed by atoms with E-state index in [9.17, 15) is 23.8 Å². The molecule has 0 aliphatic heterocycles. The molecule has 11 nitrogen and oxygen atoms in total. The number of carboxylic acid groups (broad SMARTS) is 1. The summed E-state index contributed by atoms with van der Waals surface area (Å²) < 4.78 is 32.4. The van der Waals surface area contributed by atoms with E-state index in [1.165, 1.54) is 109 Å². The van der Waals surface area contributed by atoms with Crippen molar-refractivity contribution < 1.29 is 47.5 Å². The number of unbranched alkanes of at least 4 members (excludes halogenated alkanes) is 22. The fraction of sp³-hybridized carbons (Fsp3) is 0.786. The molecule has 314 valence electrons. The topological polar surface area (TPSA) is 172 Å². The molecule has 0 spiro atoms. The summed E-state index contributed by atoms with van der Waals surface area (Å²) in [4.78, 5) is 45.7. The number of phosphoric acid groups is 1. The summed E-state index contributed by atoms with van der Waals surface area (Å²) in [5.41, 5.74) is 5.32. The van der Waals surface area contributed by atoms with E-state index in [1.54, 1.807) is 12.2 Å². The van der Waals surface area contributed by atoms with Gasteiger partial charge >= 0.3 is 25.7 Å². The summed E-state index contributed by atoms with van der Waals surface area (Å²) in [6.07, 6.45) is 39.9. The molecule has 0 saturated heterocycles. The maximum atomic E-state index is 12.6. The number of carbonyl (C=O) groups excluding carboxylic acids is 2. The first-order valence-electron chi connectivity index (χ1n) is 21.1. The lowest BCUT2D eigenvalue weighted by atomic mass is 10.1. The van der Waals surface area contributed by atoms with Crippen molar-refractivity contribution >= 4 is 25.7 Å². The fourth-order valence-electron chi connectivity index (χ4n) is 5.62. The van der Waals surface area contributed by atoms with Crippen molar-refractivity contribution in [2.45, 2.75) is 193 Å². The van der Waals surface area contributed by atoms with Crippen LogP contribution in [0.4, 0.5) is 0 Å². The standard InChI is InChI=1S/C42H76NO10P/c1-3-5-7-9-11-13-15-17-19-21-23-25-27-29-31-33-40(44)50-35-38(36-51-54(48,49)52-37-39(43)42(46)47)53-41(45)34-32-30-28-26-24-22-20-18-16-14-12-10-8-6-4-2/h18,20,27,29,31,33,38-39H,3-17,19,21-26,28,30,32,34-37,43H2,1-2H3,(H,46,47)(H,48,49)/b20-18+,29-27+,33-31+/t38-,39+/m1/s1. The second kappa shape index (κ2) is 37.6. The molecule has 0 aromatic rings. The Balaban J connectivity index is 4.50. The van der Waals surface area contributed by atoms with Crippen LogP contribution in [0.25, 0.3) is 0 Å². The number of allylic oxidation sites excluding steroid dienone is 5. The Labute approximate surface area is 327 Å². The van der Waals surface area contributed by atoms with Crippen molar-refractivity contribution in [3.8, 4) is 0 Å². The van der Waals surface area contributed by atoms with E-state index in [1.807, 2.05) is 6.08 Å². The average Bonchev–Trinajstić information content (AvgIpc) is 3.14. The maximum absolute atomic E-state index is 12.6. The van der Waals surface area contributed by atoms with E-state index >= 15 is 0 Å². The van der Waals surface area contributed by atoms with E-state index in [2.05, 4.69) is 30.5 Å². The molecule has 0 amide bonds. The third-order valence-electron chi connectivity index (χ3n) is 8.96. The Hall–Kier alpha value is -2.30. The van der Waals surface area contributed by atoms with Crippen molar-refractivity contribution in [1.29, 1.82) is 0 Å². The predicted molar refractivity (Wildman–Crippen MR) is 217 cm³/mol. The number of ether oxygens (including phenoxy) is 2. The highest BCUT2D eigenvalue weighted by molar-refractivity contribution is 7.47. The minimum Gasteiger partial charge on any atom is -0.480 e. The molecule has 54 heavy (non-hydrogen) atoms. The van der Waals surface area contributed by atoms with Gasteiger partial charge in [0, 0.05) is 12.5 Å². The normalized spacial score (nSPS) is 14.1. The van der Waals surface area contributed by atoms with Gasteiger partial charge in [0.25, 0.3) is 0 Å². The molecule has 0 fully saturated rings. The van der Waals surface area contributed by atoms with Gasteiger partial charge < -0.3 is 25.2 Å². The molecular weight excluding hydrogens is 709 g/mol. The van der Waals surface area contributed by atoms with Crippen LogP contribution < -0.4 is 5.73 Å². The number of hydrogen-bond donors (Lipinski definition) is 3. The molecule has 0 aliphatic carbocycles. The third-order valence-corrected chi connectivity index (χ3v) is 9.91. The molecule has 0 saturated carbocycles. The highest BCUT2D eigenvalue weighted by atomic mass is 31.2. The van der Waals surface area contributed by atoms with Gasteiger partial charge in [-0.3, -0.25) is 18.6 Å². The van der Waals surface area contributed by atoms with Crippen LogP contribution >= 0.6 is 7.82 Å². The minimum atomic E-state index is -4.73. The van der Waals surface area contributed by atoms with Crippen molar-refractivity contribution in [3.63, 3.8) is 0 Å². The van der Waals surface area contributed by atoms with Crippen LogP contribution in [0.1, 0.15) is 181 Å². The maximum Gasteiger partial charge on any atom is 0.472 e. The lowest BCUT2D eigenvalue weighted by Gasteiger charge is -2.20. The zero-order valence-corrected chi connectivity index (χ0v) is 34.7. The van der Waals surface area contributed by atoms with Crippen molar-refractivity contribution in [3.05, 3.63) is 36.5 Å². The van der Waals surface area contributed by atoms with Crippen LogP contribution in [-0.4, -0.2) is 59.9 Å². The molecule has 4 N–H and O–H groups in total. The van der Waals surface area contributed by atoms with Gasteiger partial charge in [0.15, 0.2) is 6.10 Å². The number of phosphoric ester groups is 1. The van der Waals surface area contributed by atoms with Gasteiger partial charge in [-0.05, 0) is 44.9 Å². The van der Waals surface area contributed by atoms with Crippen LogP contribution in [0.15, 0.2) is 36.5 Å². The summed E-state index contributed by atoms with van der Waals surface area (Å²) in [6.45, 7) is 2.67. The molecule has 0 aliphatic rings. The highest BCUT2D eigenvalue weighted by Gasteiger charge is 2.28. The smallest absolute Gasteiger partial charge is 0.472 e. The van der Waals surface area contributed by atoms with E-state index in [0.717, 1.165) is 51.4 Å². The van der Waals surface area contributed by atoms with Crippen LogP contribution in [-0.2, 0) is 37.5 Å². The second-order valence-electron chi connectivity index (χ2n) is 14.2. The Morgan fingerprint density at radius 3 is 1.56 bits per heavy atom. The van der Waals surface area contributed by atoms with E-state index < -0.39 is 57.7 Å². The monoisotopic (exact) mass is 786 g/mol. The Morgan fingerprint density at radius 2 is 1.06 bits per heavy atom. The van der Waals surface area contributed by atoms with E-state index in [0.29, 0.717) is 6.42 Å². The zero-order valence-electron chi connectivity index (χ0n) is 33.8. The van der Waals surface area contributed by atoms with Crippen molar-refractivity contribution in [1.82, 2.24) is 0 Å². The highest BCUT2D eigenvalue weighted by Crippen LogP contribution is 2.43. The summed E-state index contributed by atoms with van der Waals surface area (Å²) in [7, 11) is -4.73. The predicted octanol–water partition coefficient (Wildman–Crippen LogP) is 10.8. The average molecular weight is 786 g/mol. The van der Waals surface area contributed by atoms with Gasteiger partial charge in [-0.2, -0.15) is 0 Å². The Kier molecular flexibility index (Phi) is 36.0. The lowest BCUT2D eigenvalue weighted by molar-refractivity contribution is -0.159. The van der Waals surface area contributed by atoms with E-state index in [-0.39, 0.29) is 6.42 Å². The van der Waals surface area contributed by atoms with Gasteiger partial charge in [-0.1, -0.05) is 160 Å². The van der Waals surface area contributed by atoms with Crippen LogP contribution in [0.5, 0.6) is 0 Å². The lowest BCUT2D eigenvalue weighted by Crippen LogP contribution is -2.34. The minimum absolute atomic E-state index is 0.132. The number of carboxylic acids is 1. The molecule has 0 rings (SSSR count). The largest absolute Gasteiger partial charge is 0.480 e. The summed E-state index contributed by atoms with van der Waals surface area (Å²) in [6, 6.07) is -1.53. The number of carbonyl (C=O) groups is 3. The molecule has 0 aromatic carbocycles. The summed E-state index contributed by atoms with van der Waals surface area (Å²) in [5, 5.41) is 8.87. The first-order valence-corrected chi connectivity index (χ1v) is 22.6. The van der Waals surface area contributed by atoms with E-state index in [4.69, 9.17) is 24.8 Å². The van der Waals surface area contributed by atoms with Gasteiger partial charge in [-0.25, -0.2) is 9.36 Å². The molecule has 0 aromatic heterocycles. The summed E-state index contributed by atoms with van der Waals surface area (Å²) in [5.74, 6) is -2.65. The number of hydrogen-bond acceptors (Lipinski definition) is 9. The number of aliphatic carboxylic acids is 1. The van der Waals surface area contributed by atoms with Crippen LogP contribution in [0.3, 0.4) is 0 Å². The Morgan fingerprint density at radius 1 is 0.611 bits per heavy atom. The SMILES string of the molecule is CCCCCCCC/C=C/CCCCCCCC(=O)O[C@H](COC(=O)/C=C/C=C/CCCCCCCCCCCCC)COP(=O)(O)OC[C@H](N)C(=O)O. The molecule has 1 unspecified atom stereocenters. The molecular formula is C42H76NO10P. The number of esters is 2. The van der Waals surface area contributed by atoms with Gasteiger partial charge in [0.1, 0.15) is 12.6 Å². The molecule has 12 heteroatoms. The quantitative estimate of drug-likeness (QED) is 0.0135. The fourth-order valence-corrected chi connectivity index (χ4v) is 6.40. The third kappa shape index (κ3) is 36.7. The number of nitrogens with two attached hydrogens (primary N) is 1. The molecule has 0 radical (unpaired) electrons. The van der Waals surface area contributed by atoms with Gasteiger partial charge in [0.2, 0.25) is 0 Å². The van der Waals surface area contributed by atoms with Crippen molar-refractivity contribution in [2.75, 3.05) is 19.8 Å². The van der Waals surface area contributed by atoms with Gasteiger partial charge in [0.05, 0.1) is 13.2 Å². The molecule has 0 heterocycles. The molecule has 0 bridgehead atoms. The second-order valence-corrected chi connectivity index (χ2v) is 15.6. The van der Waals surface area contributed by atoms with Crippen LogP contribution in [0, 0.1) is 0 Å². The zero-order chi connectivity index (χ0) is 40.0. The van der Waals surface area contributed by atoms with Crippen molar-refractivity contribution in [2.24, 2.45) is 5.73 Å². The van der Waals surface area contributed by atoms with Crippen LogP contribution in [0.2, 0.25) is 0 Å². The Bertz CT molecular complexity index is 1060.